The third-order valence-corrected chi connectivity index (χ3v) is 9.65. The third kappa shape index (κ3) is 6.73. The van der Waals surface area contributed by atoms with Gasteiger partial charge in [-0.15, -0.1) is 0 Å². The fourth-order valence-corrected chi connectivity index (χ4v) is 6.50. The SMILES string of the molecule is Cc1ccc(N(CC(=O)N(Cc2ccccc2C)[C@H](C)C(=O)NC2CCCC2)S(=O)(=O)c2ccccc2)cc1C. The van der Waals surface area contributed by atoms with Crippen LogP contribution in [0.2, 0.25) is 0 Å². The summed E-state index contributed by atoms with van der Waals surface area (Å²) in [5.41, 5.74) is 4.23. The number of rotatable bonds is 10. The van der Waals surface area contributed by atoms with Crippen LogP contribution in [0.5, 0.6) is 0 Å². The average Bonchev–Trinajstić information content (AvgIpc) is 3.46. The summed E-state index contributed by atoms with van der Waals surface area (Å²) in [4.78, 5) is 29.0. The van der Waals surface area contributed by atoms with E-state index in [1.54, 1.807) is 37.3 Å². The second kappa shape index (κ2) is 12.7. The first-order valence-electron chi connectivity index (χ1n) is 13.9. The highest BCUT2D eigenvalue weighted by Crippen LogP contribution is 2.27. The molecule has 1 atom stereocenters. The smallest absolute Gasteiger partial charge is 0.264 e. The van der Waals surface area contributed by atoms with Crippen molar-refractivity contribution in [2.45, 2.75) is 76.9 Å². The van der Waals surface area contributed by atoms with Crippen molar-refractivity contribution in [1.29, 1.82) is 0 Å². The zero-order valence-corrected chi connectivity index (χ0v) is 24.6. The van der Waals surface area contributed by atoms with Crippen molar-refractivity contribution in [3.05, 3.63) is 95.1 Å². The molecule has 1 aliphatic carbocycles. The van der Waals surface area contributed by atoms with E-state index in [1.807, 2.05) is 51.1 Å². The molecule has 8 heteroatoms. The molecule has 7 nitrogen and oxygen atoms in total. The van der Waals surface area contributed by atoms with Gasteiger partial charge in [0.05, 0.1) is 10.6 Å². The molecule has 0 heterocycles. The van der Waals surface area contributed by atoms with Crippen molar-refractivity contribution >= 4 is 27.5 Å². The van der Waals surface area contributed by atoms with Gasteiger partial charge in [0, 0.05) is 12.6 Å². The zero-order valence-electron chi connectivity index (χ0n) is 23.8. The van der Waals surface area contributed by atoms with Crippen molar-refractivity contribution in [2.24, 2.45) is 0 Å². The molecule has 3 aromatic carbocycles. The molecule has 1 N–H and O–H groups in total. The Morgan fingerprint density at radius 1 is 0.875 bits per heavy atom. The number of benzene rings is 3. The first-order chi connectivity index (χ1) is 19.1. The van der Waals surface area contributed by atoms with Gasteiger partial charge in [-0.25, -0.2) is 8.42 Å². The van der Waals surface area contributed by atoms with Crippen molar-refractivity contribution in [2.75, 3.05) is 10.8 Å². The molecule has 0 aliphatic heterocycles. The molecule has 4 rings (SSSR count). The molecule has 40 heavy (non-hydrogen) atoms. The van der Waals surface area contributed by atoms with E-state index in [0.29, 0.717) is 5.69 Å². The van der Waals surface area contributed by atoms with Crippen LogP contribution in [0, 0.1) is 20.8 Å². The molecule has 0 spiro atoms. The molecular weight excluding hydrogens is 522 g/mol. The van der Waals surface area contributed by atoms with Crippen LogP contribution in [-0.4, -0.2) is 43.8 Å². The lowest BCUT2D eigenvalue weighted by molar-refractivity contribution is -0.139. The third-order valence-electron chi connectivity index (χ3n) is 7.86. The molecule has 212 valence electrons. The topological polar surface area (TPSA) is 86.8 Å². The van der Waals surface area contributed by atoms with Crippen LogP contribution < -0.4 is 9.62 Å². The van der Waals surface area contributed by atoms with Crippen LogP contribution in [0.4, 0.5) is 5.69 Å². The second-order valence-electron chi connectivity index (χ2n) is 10.7. The summed E-state index contributed by atoms with van der Waals surface area (Å²) in [7, 11) is -4.07. The van der Waals surface area contributed by atoms with Gasteiger partial charge in [0.25, 0.3) is 10.0 Å². The quantitative estimate of drug-likeness (QED) is 0.365. The summed E-state index contributed by atoms with van der Waals surface area (Å²) in [6, 6.07) is 20.5. The number of carbonyl (C=O) groups is 2. The van der Waals surface area contributed by atoms with Gasteiger partial charge in [0.1, 0.15) is 12.6 Å². The average molecular weight is 562 g/mol. The fraction of sp³-hybridized carbons (Fsp3) is 0.375. The number of anilines is 1. The van der Waals surface area contributed by atoms with Crippen molar-refractivity contribution in [3.63, 3.8) is 0 Å². The molecule has 1 aliphatic rings. The van der Waals surface area contributed by atoms with E-state index in [0.717, 1.165) is 52.2 Å². The minimum absolute atomic E-state index is 0.0958. The minimum Gasteiger partial charge on any atom is -0.352 e. The van der Waals surface area contributed by atoms with Crippen molar-refractivity contribution < 1.29 is 18.0 Å². The van der Waals surface area contributed by atoms with E-state index in [9.17, 15) is 18.0 Å². The number of nitrogens with one attached hydrogen (secondary N) is 1. The standard InChI is InChI=1S/C32H39N3O4S/c1-23-18-19-29(20-25(23)3)35(40(38,39)30-16-6-5-7-17-30)22-31(36)34(21-27-13-9-8-12-24(27)2)26(4)32(37)33-28-14-10-11-15-28/h5-9,12-13,16-20,26,28H,10-11,14-15,21-22H2,1-4H3,(H,33,37)/t26-/m1/s1. The molecular formula is C32H39N3O4S. The number of sulfonamides is 1. The van der Waals surface area contributed by atoms with Crippen LogP contribution in [0.25, 0.3) is 0 Å². The lowest BCUT2D eigenvalue weighted by atomic mass is 10.1. The van der Waals surface area contributed by atoms with Crippen LogP contribution in [-0.2, 0) is 26.2 Å². The Kier molecular flexibility index (Phi) is 9.30. The van der Waals surface area contributed by atoms with E-state index in [-0.39, 0.29) is 23.4 Å². The van der Waals surface area contributed by atoms with Crippen LogP contribution >= 0.6 is 0 Å². The molecule has 1 fully saturated rings. The fourth-order valence-electron chi connectivity index (χ4n) is 5.07. The van der Waals surface area contributed by atoms with Gasteiger partial charge in [0.15, 0.2) is 0 Å². The van der Waals surface area contributed by atoms with Crippen LogP contribution in [0.15, 0.2) is 77.7 Å². The largest absolute Gasteiger partial charge is 0.352 e. The number of carbonyl (C=O) groups excluding carboxylic acids is 2. The van der Waals surface area contributed by atoms with Crippen molar-refractivity contribution in [1.82, 2.24) is 10.2 Å². The summed E-state index contributed by atoms with van der Waals surface area (Å²) in [5.74, 6) is -0.674. The summed E-state index contributed by atoms with van der Waals surface area (Å²) < 4.78 is 29.0. The minimum atomic E-state index is -4.07. The maximum atomic E-state index is 14.1. The lowest BCUT2D eigenvalue weighted by Gasteiger charge is -2.33. The highest BCUT2D eigenvalue weighted by atomic mass is 32.2. The summed E-state index contributed by atoms with van der Waals surface area (Å²) >= 11 is 0. The normalized spacial score (nSPS) is 14.5. The molecule has 0 bridgehead atoms. The molecule has 0 radical (unpaired) electrons. The Morgan fingerprint density at radius 3 is 2.17 bits per heavy atom. The van der Waals surface area contributed by atoms with Crippen molar-refractivity contribution in [3.8, 4) is 0 Å². The predicted molar refractivity (Wildman–Crippen MR) is 158 cm³/mol. The Hall–Kier alpha value is -3.65. The predicted octanol–water partition coefficient (Wildman–Crippen LogP) is 5.28. The van der Waals surface area contributed by atoms with Gasteiger partial charge in [-0.05, 0) is 87.1 Å². The summed E-state index contributed by atoms with van der Waals surface area (Å²) in [5, 5.41) is 3.10. The van der Waals surface area contributed by atoms with Crippen LogP contribution in [0.1, 0.15) is 54.9 Å². The maximum absolute atomic E-state index is 14.1. The number of hydrogen-bond acceptors (Lipinski definition) is 4. The molecule has 2 amide bonds. The Balaban J connectivity index is 1.70. The zero-order chi connectivity index (χ0) is 28.9. The Morgan fingerprint density at radius 2 is 1.52 bits per heavy atom. The number of aryl methyl sites for hydroxylation is 3. The Labute approximate surface area is 238 Å². The van der Waals surface area contributed by atoms with Gasteiger partial charge >= 0.3 is 0 Å². The van der Waals surface area contributed by atoms with Gasteiger partial charge in [-0.3, -0.25) is 13.9 Å². The van der Waals surface area contributed by atoms with Gasteiger partial charge in [-0.1, -0.05) is 61.4 Å². The number of nitrogens with zero attached hydrogens (tertiary/aromatic N) is 2. The highest BCUT2D eigenvalue weighted by Gasteiger charge is 2.33. The van der Waals surface area contributed by atoms with E-state index >= 15 is 0 Å². The first kappa shape index (κ1) is 29.3. The summed E-state index contributed by atoms with van der Waals surface area (Å²) in [6.45, 7) is 7.29. The van der Waals surface area contributed by atoms with E-state index in [1.165, 1.54) is 17.0 Å². The lowest BCUT2D eigenvalue weighted by Crippen LogP contribution is -2.52. The number of amides is 2. The van der Waals surface area contributed by atoms with E-state index < -0.39 is 28.5 Å². The first-order valence-corrected chi connectivity index (χ1v) is 15.3. The Bertz CT molecular complexity index is 1450. The molecule has 0 unspecified atom stereocenters. The maximum Gasteiger partial charge on any atom is 0.264 e. The van der Waals surface area contributed by atoms with E-state index in [4.69, 9.17) is 0 Å². The second-order valence-corrected chi connectivity index (χ2v) is 12.6. The van der Waals surface area contributed by atoms with Gasteiger partial charge < -0.3 is 10.2 Å². The highest BCUT2D eigenvalue weighted by molar-refractivity contribution is 7.92. The van der Waals surface area contributed by atoms with E-state index in [2.05, 4.69) is 5.32 Å². The van der Waals surface area contributed by atoms with Gasteiger partial charge in [0.2, 0.25) is 11.8 Å². The molecule has 0 aromatic heterocycles. The number of hydrogen-bond donors (Lipinski definition) is 1. The monoisotopic (exact) mass is 561 g/mol. The molecule has 0 saturated heterocycles. The summed E-state index contributed by atoms with van der Waals surface area (Å²) in [6.07, 6.45) is 4.01. The molecule has 1 saturated carbocycles. The van der Waals surface area contributed by atoms with Crippen LogP contribution in [0.3, 0.4) is 0 Å². The molecule has 3 aromatic rings. The van der Waals surface area contributed by atoms with Gasteiger partial charge in [-0.2, -0.15) is 0 Å².